The second kappa shape index (κ2) is 6.79. The van der Waals surface area contributed by atoms with Crippen molar-refractivity contribution in [2.75, 3.05) is 13.6 Å². The molecule has 3 nitrogen and oxygen atoms in total. The highest BCUT2D eigenvalue weighted by Crippen LogP contribution is 2.29. The lowest BCUT2D eigenvalue weighted by atomic mass is 9.83. The second-order valence-corrected chi connectivity index (χ2v) is 6.21. The lowest BCUT2D eigenvalue weighted by Gasteiger charge is -2.37. The molecule has 5 heteroatoms. The predicted octanol–water partition coefficient (Wildman–Crippen LogP) is 3.58. The Balaban J connectivity index is 2.16. The van der Waals surface area contributed by atoms with Crippen LogP contribution in [-0.4, -0.2) is 30.4 Å². The van der Waals surface area contributed by atoms with Crippen LogP contribution in [0.15, 0.2) is 18.2 Å². The van der Waals surface area contributed by atoms with Gasteiger partial charge in [-0.1, -0.05) is 36.0 Å². The van der Waals surface area contributed by atoms with E-state index in [0.717, 1.165) is 19.3 Å². The van der Waals surface area contributed by atoms with E-state index in [1.807, 2.05) is 11.9 Å². The molecule has 1 aromatic carbocycles. The lowest BCUT2D eigenvalue weighted by molar-refractivity contribution is 0.0620. The van der Waals surface area contributed by atoms with E-state index in [4.69, 9.17) is 28.9 Å². The average molecular weight is 315 g/mol. The maximum Gasteiger partial charge on any atom is 0.253 e. The molecule has 1 aromatic rings. The van der Waals surface area contributed by atoms with Gasteiger partial charge in [-0.15, -0.1) is 0 Å². The number of hydrogen-bond acceptors (Lipinski definition) is 2. The molecular weight excluding hydrogens is 295 g/mol. The number of amides is 1. The number of nitrogens with zero attached hydrogens (tertiary/aromatic N) is 1. The Hall–Kier alpha value is -0.770. The van der Waals surface area contributed by atoms with Gasteiger partial charge in [-0.25, -0.2) is 0 Å². The van der Waals surface area contributed by atoms with Gasteiger partial charge in [0.1, 0.15) is 0 Å². The largest absolute Gasteiger partial charge is 0.338 e. The molecule has 0 spiro atoms. The molecular formula is C15H20Cl2N2O. The van der Waals surface area contributed by atoms with Crippen LogP contribution < -0.4 is 5.73 Å². The van der Waals surface area contributed by atoms with E-state index in [0.29, 0.717) is 28.1 Å². The number of carbonyl (C=O) groups excluding carboxylic acids is 1. The molecule has 2 N–H and O–H groups in total. The van der Waals surface area contributed by atoms with Crippen molar-refractivity contribution in [3.8, 4) is 0 Å². The van der Waals surface area contributed by atoms with Crippen LogP contribution in [0.2, 0.25) is 10.0 Å². The number of halogens is 2. The lowest BCUT2D eigenvalue weighted by Crippen LogP contribution is -2.45. The van der Waals surface area contributed by atoms with Crippen molar-refractivity contribution < 1.29 is 4.79 Å². The minimum atomic E-state index is -0.0195. The minimum absolute atomic E-state index is 0.0195. The molecule has 110 valence electrons. The van der Waals surface area contributed by atoms with Gasteiger partial charge in [0.15, 0.2) is 0 Å². The van der Waals surface area contributed by atoms with Gasteiger partial charge in [0.25, 0.3) is 5.91 Å². The number of carbonyl (C=O) groups is 1. The Morgan fingerprint density at radius 3 is 2.65 bits per heavy atom. The maximum atomic E-state index is 12.6. The van der Waals surface area contributed by atoms with Crippen LogP contribution in [0.5, 0.6) is 0 Å². The molecule has 1 aliphatic rings. The zero-order chi connectivity index (χ0) is 14.7. The Labute approximate surface area is 130 Å². The molecule has 0 heterocycles. The van der Waals surface area contributed by atoms with Crippen LogP contribution in [0.1, 0.15) is 36.0 Å². The first-order valence-corrected chi connectivity index (χ1v) is 7.72. The summed E-state index contributed by atoms with van der Waals surface area (Å²) in [6.07, 6.45) is 4.47. The van der Waals surface area contributed by atoms with E-state index in [2.05, 4.69) is 0 Å². The number of nitrogens with two attached hydrogens (primary N) is 1. The fourth-order valence-corrected chi connectivity index (χ4v) is 3.25. The maximum absolute atomic E-state index is 12.6. The van der Waals surface area contributed by atoms with Gasteiger partial charge in [-0.2, -0.15) is 0 Å². The van der Waals surface area contributed by atoms with Crippen molar-refractivity contribution in [2.45, 2.75) is 31.7 Å². The van der Waals surface area contributed by atoms with Gasteiger partial charge in [0.2, 0.25) is 0 Å². The summed E-state index contributed by atoms with van der Waals surface area (Å²) in [5, 5.41) is 0.869. The zero-order valence-corrected chi connectivity index (χ0v) is 13.1. The van der Waals surface area contributed by atoms with Gasteiger partial charge < -0.3 is 10.6 Å². The fourth-order valence-electron chi connectivity index (χ4n) is 2.96. The Morgan fingerprint density at radius 2 is 2.00 bits per heavy atom. The van der Waals surface area contributed by atoms with Crippen molar-refractivity contribution in [3.63, 3.8) is 0 Å². The van der Waals surface area contributed by atoms with E-state index in [9.17, 15) is 4.79 Å². The van der Waals surface area contributed by atoms with Crippen molar-refractivity contribution >= 4 is 29.1 Å². The summed E-state index contributed by atoms with van der Waals surface area (Å²) >= 11 is 11.9. The smallest absolute Gasteiger partial charge is 0.253 e. The Bertz CT molecular complexity index is 493. The summed E-state index contributed by atoms with van der Waals surface area (Å²) in [6.45, 7) is 0.629. The van der Waals surface area contributed by atoms with E-state index in [1.54, 1.807) is 18.2 Å². The summed E-state index contributed by atoms with van der Waals surface area (Å²) in [5.74, 6) is 0.370. The predicted molar refractivity (Wildman–Crippen MR) is 83.4 cm³/mol. The summed E-state index contributed by atoms with van der Waals surface area (Å²) in [4.78, 5) is 14.4. The van der Waals surface area contributed by atoms with Crippen LogP contribution in [0.25, 0.3) is 0 Å². The summed E-state index contributed by atoms with van der Waals surface area (Å²) < 4.78 is 0. The molecule has 0 aromatic heterocycles. The zero-order valence-electron chi connectivity index (χ0n) is 11.6. The standard InChI is InChI=1S/C15H20Cl2N2O/c1-19(14-5-3-2-4-11(14)9-18)15(20)10-6-7-12(16)13(17)8-10/h6-8,11,14H,2-5,9,18H2,1H3. The molecule has 20 heavy (non-hydrogen) atoms. The normalized spacial score (nSPS) is 22.6. The SMILES string of the molecule is CN(C(=O)c1ccc(Cl)c(Cl)c1)C1CCCCC1CN. The van der Waals surface area contributed by atoms with Crippen LogP contribution in [0, 0.1) is 5.92 Å². The van der Waals surface area contributed by atoms with Gasteiger partial charge in [0, 0.05) is 18.7 Å². The molecule has 0 bridgehead atoms. The molecule has 1 aliphatic carbocycles. The van der Waals surface area contributed by atoms with Crippen LogP contribution in [0.3, 0.4) is 0 Å². The first-order valence-electron chi connectivity index (χ1n) is 6.97. The van der Waals surface area contributed by atoms with Crippen molar-refractivity contribution in [3.05, 3.63) is 33.8 Å². The highest BCUT2D eigenvalue weighted by Gasteiger charge is 2.30. The third-order valence-corrected chi connectivity index (χ3v) is 4.90. The van der Waals surface area contributed by atoms with Gasteiger partial charge >= 0.3 is 0 Å². The molecule has 2 rings (SSSR count). The monoisotopic (exact) mass is 314 g/mol. The van der Waals surface area contributed by atoms with Gasteiger partial charge in [-0.05, 0) is 43.5 Å². The Kier molecular flexibility index (Phi) is 5.30. The molecule has 0 saturated heterocycles. The first kappa shape index (κ1) is 15.6. The molecule has 2 atom stereocenters. The van der Waals surface area contributed by atoms with Gasteiger partial charge in [0.05, 0.1) is 10.0 Å². The third-order valence-electron chi connectivity index (χ3n) is 4.16. The third kappa shape index (κ3) is 3.27. The van der Waals surface area contributed by atoms with Crippen LogP contribution in [0.4, 0.5) is 0 Å². The summed E-state index contributed by atoms with van der Waals surface area (Å²) in [6, 6.07) is 5.22. The molecule has 1 fully saturated rings. The van der Waals surface area contributed by atoms with Crippen molar-refractivity contribution in [2.24, 2.45) is 11.7 Å². The first-order chi connectivity index (χ1) is 9.54. The quantitative estimate of drug-likeness (QED) is 0.926. The van der Waals surface area contributed by atoms with Crippen molar-refractivity contribution in [1.29, 1.82) is 0 Å². The fraction of sp³-hybridized carbons (Fsp3) is 0.533. The molecule has 1 saturated carbocycles. The molecule has 0 radical (unpaired) electrons. The number of hydrogen-bond donors (Lipinski definition) is 1. The summed E-state index contributed by atoms with van der Waals surface area (Å²) in [5.41, 5.74) is 6.41. The topological polar surface area (TPSA) is 46.3 Å². The van der Waals surface area contributed by atoms with Crippen molar-refractivity contribution in [1.82, 2.24) is 4.90 Å². The van der Waals surface area contributed by atoms with E-state index in [1.165, 1.54) is 6.42 Å². The van der Waals surface area contributed by atoms with Crippen LogP contribution >= 0.6 is 23.2 Å². The highest BCUT2D eigenvalue weighted by atomic mass is 35.5. The molecule has 0 aliphatic heterocycles. The van der Waals surface area contributed by atoms with Crippen LogP contribution in [-0.2, 0) is 0 Å². The highest BCUT2D eigenvalue weighted by molar-refractivity contribution is 6.42. The minimum Gasteiger partial charge on any atom is -0.338 e. The molecule has 1 amide bonds. The summed E-state index contributed by atoms with van der Waals surface area (Å²) in [7, 11) is 1.85. The average Bonchev–Trinajstić information content (AvgIpc) is 2.48. The Morgan fingerprint density at radius 1 is 1.30 bits per heavy atom. The van der Waals surface area contributed by atoms with Gasteiger partial charge in [-0.3, -0.25) is 4.79 Å². The van der Waals surface area contributed by atoms with E-state index < -0.39 is 0 Å². The van der Waals surface area contributed by atoms with E-state index in [-0.39, 0.29) is 11.9 Å². The molecule has 2 unspecified atom stereocenters. The second-order valence-electron chi connectivity index (χ2n) is 5.39. The number of rotatable bonds is 3. The van der Waals surface area contributed by atoms with E-state index >= 15 is 0 Å². The number of benzene rings is 1.